The van der Waals surface area contributed by atoms with Gasteiger partial charge >= 0.3 is 6.03 Å². The molecule has 1 N–H and O–H groups in total. The molecule has 0 aromatic heterocycles. The van der Waals surface area contributed by atoms with Crippen LogP contribution in [0.5, 0.6) is 0 Å². The average molecular weight is 267 g/mol. The van der Waals surface area contributed by atoms with Crippen LogP contribution in [-0.2, 0) is 4.74 Å². The van der Waals surface area contributed by atoms with E-state index >= 15 is 0 Å². The molecule has 5 heteroatoms. The Morgan fingerprint density at radius 2 is 2.11 bits per heavy atom. The first-order valence-electron chi connectivity index (χ1n) is 7.58. The molecule has 3 fully saturated rings. The number of nitrogens with one attached hydrogen (secondary N) is 1. The molecule has 19 heavy (non-hydrogen) atoms. The van der Waals surface area contributed by atoms with Crippen LogP contribution in [0.2, 0.25) is 0 Å². The minimum atomic E-state index is 0.213. The largest absolute Gasteiger partial charge is 0.381 e. The fourth-order valence-corrected chi connectivity index (χ4v) is 3.69. The van der Waals surface area contributed by atoms with Crippen molar-refractivity contribution in [2.24, 2.45) is 5.92 Å². The molecule has 108 valence electrons. The predicted molar refractivity (Wildman–Crippen MR) is 73.1 cm³/mol. The Labute approximate surface area is 115 Å². The van der Waals surface area contributed by atoms with Crippen molar-refractivity contribution in [3.8, 4) is 0 Å². The van der Waals surface area contributed by atoms with Gasteiger partial charge in [0.2, 0.25) is 0 Å². The lowest BCUT2D eigenvalue weighted by atomic mass is 9.91. The monoisotopic (exact) mass is 267 g/mol. The molecule has 3 heterocycles. The first-order chi connectivity index (χ1) is 9.25. The van der Waals surface area contributed by atoms with Crippen LogP contribution in [0, 0.1) is 5.92 Å². The van der Waals surface area contributed by atoms with E-state index in [2.05, 4.69) is 5.32 Å². The van der Waals surface area contributed by atoms with Gasteiger partial charge in [-0.1, -0.05) is 0 Å². The maximum absolute atomic E-state index is 12.3. The summed E-state index contributed by atoms with van der Waals surface area (Å²) in [6.07, 6.45) is 4.64. The summed E-state index contributed by atoms with van der Waals surface area (Å²) in [4.78, 5) is 16.3. The zero-order valence-corrected chi connectivity index (χ0v) is 11.8. The van der Waals surface area contributed by atoms with Gasteiger partial charge in [-0.2, -0.15) is 0 Å². The third kappa shape index (κ3) is 2.72. The van der Waals surface area contributed by atoms with Crippen molar-refractivity contribution in [3.63, 3.8) is 0 Å². The molecule has 0 aromatic rings. The number of likely N-dealkylation sites (N-methyl/N-ethyl adjacent to an activating group) is 1. The molecule has 3 rings (SSSR count). The molecule has 5 nitrogen and oxygen atoms in total. The van der Waals surface area contributed by atoms with Gasteiger partial charge in [0.25, 0.3) is 0 Å². The van der Waals surface area contributed by atoms with Crippen LogP contribution in [0.25, 0.3) is 0 Å². The molecule has 2 amide bonds. The summed E-state index contributed by atoms with van der Waals surface area (Å²) in [7, 11) is 1.96. The summed E-state index contributed by atoms with van der Waals surface area (Å²) >= 11 is 0. The van der Waals surface area contributed by atoms with Crippen molar-refractivity contribution in [1.82, 2.24) is 15.1 Å². The van der Waals surface area contributed by atoms with Gasteiger partial charge in [-0.25, -0.2) is 4.79 Å². The minimum absolute atomic E-state index is 0.213. The maximum atomic E-state index is 12.3. The Bertz CT molecular complexity index is 325. The molecular weight excluding hydrogens is 242 g/mol. The summed E-state index contributed by atoms with van der Waals surface area (Å²) < 4.78 is 5.43. The SMILES string of the molecule is CN1C(=O)N(CC2CCCN2)CC1C1CCOCC1. The molecule has 0 spiro atoms. The van der Waals surface area contributed by atoms with Gasteiger partial charge in [-0.3, -0.25) is 0 Å². The zero-order valence-electron chi connectivity index (χ0n) is 11.8. The van der Waals surface area contributed by atoms with Crippen molar-refractivity contribution < 1.29 is 9.53 Å². The molecule has 2 atom stereocenters. The van der Waals surface area contributed by atoms with Gasteiger partial charge in [0, 0.05) is 39.4 Å². The Morgan fingerprint density at radius 1 is 1.32 bits per heavy atom. The van der Waals surface area contributed by atoms with Gasteiger partial charge in [0.1, 0.15) is 0 Å². The average Bonchev–Trinajstić information content (AvgIpc) is 3.04. The van der Waals surface area contributed by atoms with Crippen molar-refractivity contribution >= 4 is 6.03 Å². The molecule has 2 unspecified atom stereocenters. The third-order valence-electron chi connectivity index (χ3n) is 4.89. The standard InChI is InChI=1S/C14H25N3O2/c1-16-13(11-4-7-19-8-5-11)10-17(14(16)18)9-12-3-2-6-15-12/h11-13,15H,2-10H2,1H3. The van der Waals surface area contributed by atoms with Gasteiger partial charge in [-0.05, 0) is 38.1 Å². The number of carbonyl (C=O) groups excluding carboxylic acids is 1. The van der Waals surface area contributed by atoms with E-state index in [0.29, 0.717) is 18.0 Å². The number of urea groups is 1. The summed E-state index contributed by atoms with van der Waals surface area (Å²) in [6, 6.07) is 1.11. The van der Waals surface area contributed by atoms with E-state index in [4.69, 9.17) is 4.74 Å². The first kappa shape index (κ1) is 13.2. The smallest absolute Gasteiger partial charge is 0.320 e. The van der Waals surface area contributed by atoms with Crippen LogP contribution >= 0.6 is 0 Å². The Hall–Kier alpha value is -0.810. The fourth-order valence-electron chi connectivity index (χ4n) is 3.69. The summed E-state index contributed by atoms with van der Waals surface area (Å²) in [5.74, 6) is 0.615. The van der Waals surface area contributed by atoms with Crippen LogP contribution < -0.4 is 5.32 Å². The highest BCUT2D eigenvalue weighted by atomic mass is 16.5. The molecule has 0 bridgehead atoms. The number of nitrogens with zero attached hydrogens (tertiary/aromatic N) is 2. The fraction of sp³-hybridized carbons (Fsp3) is 0.929. The summed E-state index contributed by atoms with van der Waals surface area (Å²) in [5.41, 5.74) is 0. The number of hydrogen-bond donors (Lipinski definition) is 1. The second-order valence-corrected chi connectivity index (χ2v) is 6.11. The topological polar surface area (TPSA) is 44.8 Å². The van der Waals surface area contributed by atoms with E-state index in [1.807, 2.05) is 16.8 Å². The Kier molecular flexibility index (Phi) is 3.93. The second-order valence-electron chi connectivity index (χ2n) is 6.11. The lowest BCUT2D eigenvalue weighted by molar-refractivity contribution is 0.0452. The van der Waals surface area contributed by atoms with E-state index in [9.17, 15) is 4.79 Å². The number of amides is 2. The van der Waals surface area contributed by atoms with E-state index in [-0.39, 0.29) is 6.03 Å². The van der Waals surface area contributed by atoms with Crippen LogP contribution in [0.4, 0.5) is 4.79 Å². The molecule has 0 radical (unpaired) electrons. The third-order valence-corrected chi connectivity index (χ3v) is 4.89. The van der Waals surface area contributed by atoms with E-state index in [1.54, 1.807) is 0 Å². The van der Waals surface area contributed by atoms with Gasteiger partial charge in [-0.15, -0.1) is 0 Å². The highest BCUT2D eigenvalue weighted by Gasteiger charge is 2.40. The number of ether oxygens (including phenoxy) is 1. The first-order valence-corrected chi connectivity index (χ1v) is 7.58. The van der Waals surface area contributed by atoms with Gasteiger partial charge < -0.3 is 19.9 Å². The van der Waals surface area contributed by atoms with Gasteiger partial charge in [0.15, 0.2) is 0 Å². The molecular formula is C14H25N3O2. The molecule has 3 aliphatic rings. The Balaban J connectivity index is 1.59. The molecule has 3 saturated heterocycles. The van der Waals surface area contributed by atoms with E-state index in [1.165, 1.54) is 12.8 Å². The lowest BCUT2D eigenvalue weighted by Crippen LogP contribution is -2.39. The second kappa shape index (κ2) is 5.67. The molecule has 0 aromatic carbocycles. The number of hydrogen-bond acceptors (Lipinski definition) is 3. The van der Waals surface area contributed by atoms with Crippen molar-refractivity contribution in [1.29, 1.82) is 0 Å². The highest BCUT2D eigenvalue weighted by molar-refractivity contribution is 5.77. The zero-order chi connectivity index (χ0) is 13.2. The maximum Gasteiger partial charge on any atom is 0.320 e. The van der Waals surface area contributed by atoms with Crippen LogP contribution in [-0.4, -0.2) is 67.8 Å². The molecule has 0 saturated carbocycles. The summed E-state index contributed by atoms with van der Waals surface area (Å²) in [5, 5.41) is 3.48. The number of carbonyl (C=O) groups is 1. The highest BCUT2D eigenvalue weighted by Crippen LogP contribution is 2.28. The van der Waals surface area contributed by atoms with Crippen molar-refractivity contribution in [2.45, 2.75) is 37.8 Å². The van der Waals surface area contributed by atoms with Crippen LogP contribution in [0.15, 0.2) is 0 Å². The van der Waals surface area contributed by atoms with Crippen molar-refractivity contribution in [3.05, 3.63) is 0 Å². The Morgan fingerprint density at radius 3 is 2.79 bits per heavy atom. The molecule has 0 aliphatic carbocycles. The predicted octanol–water partition coefficient (Wildman–Crippen LogP) is 0.901. The normalized spacial score (nSPS) is 33.4. The van der Waals surface area contributed by atoms with E-state index < -0.39 is 0 Å². The number of rotatable bonds is 3. The van der Waals surface area contributed by atoms with Gasteiger partial charge in [0.05, 0.1) is 6.04 Å². The van der Waals surface area contributed by atoms with Crippen molar-refractivity contribution in [2.75, 3.05) is 39.9 Å². The lowest BCUT2D eigenvalue weighted by Gasteiger charge is -2.30. The van der Waals surface area contributed by atoms with Crippen LogP contribution in [0.1, 0.15) is 25.7 Å². The summed E-state index contributed by atoms with van der Waals surface area (Å²) in [6.45, 7) is 4.59. The van der Waals surface area contributed by atoms with E-state index in [0.717, 1.165) is 45.7 Å². The van der Waals surface area contributed by atoms with Crippen LogP contribution in [0.3, 0.4) is 0 Å². The minimum Gasteiger partial charge on any atom is -0.381 e. The molecule has 3 aliphatic heterocycles. The quantitative estimate of drug-likeness (QED) is 0.826.